The van der Waals surface area contributed by atoms with E-state index in [1.807, 2.05) is 0 Å². The monoisotopic (exact) mass is 219 g/mol. The molecule has 0 aliphatic carbocycles. The molecule has 0 aromatic heterocycles. The highest BCUT2D eigenvalue weighted by atomic mass is 16.6. The van der Waals surface area contributed by atoms with Crippen molar-refractivity contribution >= 4 is 5.91 Å². The van der Waals surface area contributed by atoms with Crippen LogP contribution in [0.25, 0.3) is 0 Å². The average molecular weight is 219 g/mol. The average Bonchev–Trinajstić information content (AvgIpc) is 2.18. The van der Waals surface area contributed by atoms with Crippen molar-refractivity contribution in [2.45, 2.75) is 38.4 Å². The van der Waals surface area contributed by atoms with E-state index in [1.54, 1.807) is 6.92 Å². The quantitative estimate of drug-likeness (QED) is 0.439. The number of hydrogen-bond acceptors (Lipinski definition) is 5. The minimum absolute atomic E-state index is 0.302. The predicted molar refractivity (Wildman–Crippen MR) is 50.7 cm³/mol. The lowest BCUT2D eigenvalue weighted by atomic mass is 9.89. The summed E-state index contributed by atoms with van der Waals surface area (Å²) in [6, 6.07) is -0.653. The van der Waals surface area contributed by atoms with Gasteiger partial charge in [0.2, 0.25) is 5.91 Å². The van der Waals surface area contributed by atoms with Gasteiger partial charge >= 0.3 is 0 Å². The summed E-state index contributed by atoms with van der Waals surface area (Å²) in [5.74, 6) is -0.682. The summed E-state index contributed by atoms with van der Waals surface area (Å²) in [4.78, 5) is 10.9. The molecule has 6 nitrogen and oxygen atoms in total. The van der Waals surface area contributed by atoms with Gasteiger partial charge in [0, 0.05) is 12.8 Å². The van der Waals surface area contributed by atoms with Gasteiger partial charge in [0.15, 0.2) is 6.29 Å². The molecule has 15 heavy (non-hydrogen) atoms. The fraction of sp³-hybridized carbons (Fsp3) is 0.889. The van der Waals surface area contributed by atoms with Crippen LogP contribution in [0, 0.1) is 5.92 Å². The van der Waals surface area contributed by atoms with Crippen LogP contribution in [0.2, 0.25) is 0 Å². The van der Waals surface area contributed by atoms with Crippen molar-refractivity contribution < 1.29 is 24.9 Å². The van der Waals surface area contributed by atoms with Crippen LogP contribution in [0.4, 0.5) is 0 Å². The summed E-state index contributed by atoms with van der Waals surface area (Å²) in [5.41, 5.74) is 0. The van der Waals surface area contributed by atoms with Gasteiger partial charge in [-0.2, -0.15) is 0 Å². The maximum atomic E-state index is 10.9. The topological polar surface area (TPSA) is 99.0 Å². The first kappa shape index (κ1) is 12.4. The van der Waals surface area contributed by atoms with Crippen molar-refractivity contribution in [3.63, 3.8) is 0 Å². The zero-order chi connectivity index (χ0) is 11.6. The Labute approximate surface area is 87.9 Å². The molecule has 1 saturated heterocycles. The maximum absolute atomic E-state index is 10.9. The molecule has 4 N–H and O–H groups in total. The second-order valence-electron chi connectivity index (χ2n) is 3.82. The van der Waals surface area contributed by atoms with Crippen LogP contribution >= 0.6 is 0 Å². The van der Waals surface area contributed by atoms with Crippen LogP contribution in [0.15, 0.2) is 0 Å². The van der Waals surface area contributed by atoms with Gasteiger partial charge in [-0.1, -0.05) is 6.92 Å². The van der Waals surface area contributed by atoms with E-state index in [0.29, 0.717) is 0 Å². The number of nitrogens with one attached hydrogen (secondary N) is 1. The summed E-state index contributed by atoms with van der Waals surface area (Å²) >= 11 is 0. The molecule has 6 heteroatoms. The Morgan fingerprint density at radius 3 is 2.53 bits per heavy atom. The summed E-state index contributed by atoms with van der Waals surface area (Å²) in [5, 5.41) is 30.6. The highest BCUT2D eigenvalue weighted by Gasteiger charge is 2.42. The van der Waals surface area contributed by atoms with Crippen LogP contribution in [-0.4, -0.2) is 52.4 Å². The molecule has 0 radical (unpaired) electrons. The number of aliphatic hydroxyl groups excluding tert-OH is 3. The minimum atomic E-state index is -1.20. The first-order chi connectivity index (χ1) is 6.97. The lowest BCUT2D eigenvalue weighted by molar-refractivity contribution is -0.238. The van der Waals surface area contributed by atoms with Crippen LogP contribution in [-0.2, 0) is 9.53 Å². The number of hydrogen-bond donors (Lipinski definition) is 4. The summed E-state index contributed by atoms with van der Waals surface area (Å²) in [6.07, 6.45) is -2.92. The standard InChI is InChI=1S/C9H17NO5/c1-4-7(10-5(2)12)9(14)15-6(3-11)8(4)13/h4,6-9,11,13-14H,3H2,1-2H3,(H,10,12)/t4-,6-,7-,8-,9?/m1/s1. The molecule has 1 heterocycles. The Morgan fingerprint density at radius 2 is 2.07 bits per heavy atom. The number of aliphatic hydroxyl groups is 3. The molecule has 0 aromatic rings. The van der Waals surface area contributed by atoms with Gasteiger partial charge < -0.3 is 25.4 Å². The van der Waals surface area contributed by atoms with Gasteiger partial charge in [0.25, 0.3) is 0 Å². The molecule has 1 unspecified atom stereocenters. The van der Waals surface area contributed by atoms with Crippen LogP contribution in [0.3, 0.4) is 0 Å². The van der Waals surface area contributed by atoms with Gasteiger partial charge in [0.1, 0.15) is 6.10 Å². The lowest BCUT2D eigenvalue weighted by Gasteiger charge is -2.41. The van der Waals surface area contributed by atoms with Crippen molar-refractivity contribution in [2.75, 3.05) is 6.61 Å². The lowest BCUT2D eigenvalue weighted by Crippen LogP contribution is -2.60. The van der Waals surface area contributed by atoms with Gasteiger partial charge in [-0.15, -0.1) is 0 Å². The first-order valence-corrected chi connectivity index (χ1v) is 4.87. The number of amides is 1. The van der Waals surface area contributed by atoms with E-state index >= 15 is 0 Å². The van der Waals surface area contributed by atoms with Crippen molar-refractivity contribution in [1.82, 2.24) is 5.32 Å². The summed E-state index contributed by atoms with van der Waals surface area (Å²) in [7, 11) is 0. The summed E-state index contributed by atoms with van der Waals surface area (Å²) in [6.45, 7) is 2.64. The van der Waals surface area contributed by atoms with E-state index < -0.39 is 24.5 Å². The van der Waals surface area contributed by atoms with E-state index in [9.17, 15) is 15.0 Å². The molecule has 1 aliphatic rings. The highest BCUT2D eigenvalue weighted by molar-refractivity contribution is 5.73. The zero-order valence-electron chi connectivity index (χ0n) is 8.75. The van der Waals surface area contributed by atoms with Gasteiger partial charge in [-0.3, -0.25) is 4.79 Å². The molecule has 0 saturated carbocycles. The fourth-order valence-electron chi connectivity index (χ4n) is 1.74. The molecule has 0 aromatic carbocycles. The normalized spacial score (nSPS) is 41.3. The molecule has 1 fully saturated rings. The maximum Gasteiger partial charge on any atom is 0.217 e. The van der Waals surface area contributed by atoms with Crippen molar-refractivity contribution in [1.29, 1.82) is 0 Å². The fourth-order valence-corrected chi connectivity index (χ4v) is 1.74. The van der Waals surface area contributed by atoms with Gasteiger partial charge in [0.05, 0.1) is 18.8 Å². The van der Waals surface area contributed by atoms with Gasteiger partial charge in [-0.05, 0) is 0 Å². The zero-order valence-corrected chi connectivity index (χ0v) is 8.75. The van der Waals surface area contributed by atoms with E-state index in [1.165, 1.54) is 6.92 Å². The number of ether oxygens (including phenoxy) is 1. The van der Waals surface area contributed by atoms with E-state index in [4.69, 9.17) is 9.84 Å². The Kier molecular flexibility index (Phi) is 4.04. The largest absolute Gasteiger partial charge is 0.394 e. The van der Waals surface area contributed by atoms with Crippen LogP contribution in [0.1, 0.15) is 13.8 Å². The molecular formula is C9H17NO5. The minimum Gasteiger partial charge on any atom is -0.394 e. The Morgan fingerprint density at radius 1 is 1.47 bits per heavy atom. The molecule has 5 atom stereocenters. The molecule has 1 amide bonds. The Balaban J connectivity index is 2.70. The van der Waals surface area contributed by atoms with E-state index in [0.717, 1.165) is 0 Å². The smallest absolute Gasteiger partial charge is 0.217 e. The van der Waals surface area contributed by atoms with Crippen LogP contribution < -0.4 is 5.32 Å². The highest BCUT2D eigenvalue weighted by Crippen LogP contribution is 2.24. The van der Waals surface area contributed by atoms with Crippen LogP contribution in [0.5, 0.6) is 0 Å². The third-order valence-corrected chi connectivity index (χ3v) is 2.66. The Hall–Kier alpha value is -0.690. The molecule has 0 spiro atoms. The molecule has 1 aliphatic heterocycles. The third-order valence-electron chi connectivity index (χ3n) is 2.66. The van der Waals surface area contributed by atoms with Crippen molar-refractivity contribution in [3.05, 3.63) is 0 Å². The second-order valence-corrected chi connectivity index (χ2v) is 3.82. The molecular weight excluding hydrogens is 202 g/mol. The molecule has 0 bridgehead atoms. The van der Waals surface area contributed by atoms with Crippen molar-refractivity contribution in [3.8, 4) is 0 Å². The predicted octanol–water partition coefficient (Wildman–Crippen LogP) is -1.80. The van der Waals surface area contributed by atoms with Crippen molar-refractivity contribution in [2.24, 2.45) is 5.92 Å². The third kappa shape index (κ3) is 2.66. The SMILES string of the molecule is CC(=O)N[C@H]1C(O)O[C@H](CO)[C@H](O)[C@@H]1C. The number of carbonyl (C=O) groups is 1. The molecule has 88 valence electrons. The number of carbonyl (C=O) groups excluding carboxylic acids is 1. The van der Waals surface area contributed by atoms with E-state index in [-0.39, 0.29) is 18.4 Å². The first-order valence-electron chi connectivity index (χ1n) is 4.87. The van der Waals surface area contributed by atoms with Gasteiger partial charge in [-0.25, -0.2) is 0 Å². The van der Waals surface area contributed by atoms with E-state index in [2.05, 4.69) is 5.32 Å². The molecule has 1 rings (SSSR count). The Bertz CT molecular complexity index is 235. The second kappa shape index (κ2) is 4.89. The number of rotatable bonds is 2. The summed E-state index contributed by atoms with van der Waals surface area (Å²) < 4.78 is 4.97.